The Kier molecular flexibility index (Phi) is 6.14. The van der Waals surface area contributed by atoms with Crippen LogP contribution in [0.3, 0.4) is 0 Å². The molecule has 3 N–H and O–H groups in total. The number of amides is 1. The molecule has 5 nitrogen and oxygen atoms in total. The smallest absolute Gasteiger partial charge is 0.322 e. The summed E-state index contributed by atoms with van der Waals surface area (Å²) in [6.07, 6.45) is -4.40. The minimum atomic E-state index is -4.96. The highest BCUT2D eigenvalue weighted by Gasteiger charge is 2.38. The van der Waals surface area contributed by atoms with Crippen LogP contribution in [0, 0.1) is 0 Å². The van der Waals surface area contributed by atoms with E-state index in [0.29, 0.717) is 23.2 Å². The van der Waals surface area contributed by atoms with Crippen molar-refractivity contribution in [1.82, 2.24) is 10.2 Å². The second-order valence-corrected chi connectivity index (χ2v) is 6.66. The molecule has 0 bridgehead atoms. The quantitative estimate of drug-likeness (QED) is 0.635. The van der Waals surface area contributed by atoms with Crippen LogP contribution in [0.4, 0.5) is 18.9 Å². The molecule has 29 heavy (non-hydrogen) atoms. The number of alkyl halides is 3. The molecule has 1 aromatic heterocycles. The van der Waals surface area contributed by atoms with Crippen LogP contribution in [0.2, 0.25) is 5.15 Å². The van der Waals surface area contributed by atoms with E-state index in [1.807, 2.05) is 30.3 Å². The van der Waals surface area contributed by atoms with Crippen molar-refractivity contribution >= 4 is 23.2 Å². The second-order valence-electron chi connectivity index (χ2n) is 6.30. The van der Waals surface area contributed by atoms with Gasteiger partial charge in [0.05, 0.1) is 11.7 Å². The van der Waals surface area contributed by atoms with E-state index in [2.05, 4.69) is 10.2 Å². The fourth-order valence-corrected chi connectivity index (χ4v) is 2.88. The highest BCUT2D eigenvalue weighted by Crippen LogP contribution is 2.29. The topological polar surface area (TPSA) is 80.9 Å². The minimum absolute atomic E-state index is 0.00946. The van der Waals surface area contributed by atoms with Gasteiger partial charge in [-0.2, -0.15) is 18.3 Å². The number of nitrogens with one attached hydrogen (secondary N) is 1. The number of hydrogen-bond donors (Lipinski definition) is 2. The molecule has 0 spiro atoms. The van der Waals surface area contributed by atoms with Crippen molar-refractivity contribution < 1.29 is 18.0 Å². The third kappa shape index (κ3) is 5.30. The van der Waals surface area contributed by atoms with E-state index >= 15 is 0 Å². The summed E-state index contributed by atoms with van der Waals surface area (Å²) in [6.45, 7) is 0. The number of rotatable bonds is 5. The van der Waals surface area contributed by atoms with E-state index in [1.165, 1.54) is 24.3 Å². The van der Waals surface area contributed by atoms with Crippen molar-refractivity contribution in [2.45, 2.75) is 18.6 Å². The molecule has 1 heterocycles. The fraction of sp³-hybridized carbons (Fsp3) is 0.150. The average molecular weight is 421 g/mol. The summed E-state index contributed by atoms with van der Waals surface area (Å²) in [5.41, 5.74) is 8.96. The van der Waals surface area contributed by atoms with Gasteiger partial charge in [0, 0.05) is 11.3 Å². The van der Waals surface area contributed by atoms with Gasteiger partial charge in [0.1, 0.15) is 0 Å². The molecule has 2 aromatic carbocycles. The van der Waals surface area contributed by atoms with Crippen LogP contribution in [-0.4, -0.2) is 22.3 Å². The standard InChI is InChI=1S/C20H16ClF3N4O/c21-18-15(13-6-8-14(9-7-13)26-19(29)20(22,23)24)11-17(27-28-18)16(25)10-12-4-2-1-3-5-12/h1-9,11,16H,10,25H2,(H,26,29)/t16-/m0/s1. The number of nitrogens with two attached hydrogens (primary N) is 1. The summed E-state index contributed by atoms with van der Waals surface area (Å²) in [6, 6.07) is 16.7. The van der Waals surface area contributed by atoms with Crippen molar-refractivity contribution in [3.05, 3.63) is 77.1 Å². The highest BCUT2D eigenvalue weighted by atomic mass is 35.5. The SMILES string of the molecule is N[C@@H](Cc1ccccc1)c1cc(-c2ccc(NC(=O)C(F)(F)F)cc2)c(Cl)nn1. The van der Waals surface area contributed by atoms with Gasteiger partial charge < -0.3 is 11.1 Å². The van der Waals surface area contributed by atoms with Gasteiger partial charge in [0.2, 0.25) is 0 Å². The zero-order chi connectivity index (χ0) is 21.0. The summed E-state index contributed by atoms with van der Waals surface area (Å²) >= 11 is 6.15. The molecule has 1 amide bonds. The van der Waals surface area contributed by atoms with Crippen molar-refractivity contribution in [2.75, 3.05) is 5.32 Å². The number of carbonyl (C=O) groups excluding carboxylic acids is 1. The van der Waals surface area contributed by atoms with Crippen LogP contribution < -0.4 is 11.1 Å². The lowest BCUT2D eigenvalue weighted by Gasteiger charge is -2.13. The third-order valence-electron chi connectivity index (χ3n) is 4.16. The lowest BCUT2D eigenvalue weighted by Crippen LogP contribution is -2.29. The molecule has 1 atom stereocenters. The van der Waals surface area contributed by atoms with Crippen molar-refractivity contribution in [1.29, 1.82) is 0 Å². The van der Waals surface area contributed by atoms with Gasteiger partial charge in [-0.25, -0.2) is 0 Å². The van der Waals surface area contributed by atoms with Gasteiger partial charge in [-0.05, 0) is 35.7 Å². The summed E-state index contributed by atoms with van der Waals surface area (Å²) in [5.74, 6) is -2.04. The van der Waals surface area contributed by atoms with Crippen LogP contribution in [-0.2, 0) is 11.2 Å². The first-order valence-corrected chi connectivity index (χ1v) is 8.93. The maximum Gasteiger partial charge on any atom is 0.471 e. The van der Waals surface area contributed by atoms with E-state index in [4.69, 9.17) is 17.3 Å². The Morgan fingerprint density at radius 1 is 1.07 bits per heavy atom. The first-order valence-electron chi connectivity index (χ1n) is 8.55. The summed E-state index contributed by atoms with van der Waals surface area (Å²) in [5, 5.41) is 9.91. The lowest BCUT2D eigenvalue weighted by molar-refractivity contribution is -0.167. The number of anilines is 1. The summed E-state index contributed by atoms with van der Waals surface area (Å²) in [7, 11) is 0. The number of aromatic nitrogens is 2. The first-order chi connectivity index (χ1) is 13.7. The number of hydrogen-bond acceptors (Lipinski definition) is 4. The van der Waals surface area contributed by atoms with Crippen molar-refractivity contribution in [3.63, 3.8) is 0 Å². The minimum Gasteiger partial charge on any atom is -0.322 e. The lowest BCUT2D eigenvalue weighted by atomic mass is 10.0. The van der Waals surface area contributed by atoms with E-state index in [1.54, 1.807) is 11.4 Å². The number of benzene rings is 2. The molecule has 0 saturated carbocycles. The van der Waals surface area contributed by atoms with E-state index < -0.39 is 18.1 Å². The van der Waals surface area contributed by atoms with Crippen LogP contribution in [0.1, 0.15) is 17.3 Å². The van der Waals surface area contributed by atoms with Crippen LogP contribution in [0.25, 0.3) is 11.1 Å². The zero-order valence-corrected chi connectivity index (χ0v) is 15.7. The molecule has 0 aliphatic heterocycles. The summed E-state index contributed by atoms with van der Waals surface area (Å²) < 4.78 is 37.1. The number of halogens is 4. The van der Waals surface area contributed by atoms with E-state index in [-0.39, 0.29) is 10.8 Å². The Morgan fingerprint density at radius 2 is 1.72 bits per heavy atom. The molecule has 0 saturated heterocycles. The molecule has 9 heteroatoms. The Morgan fingerprint density at radius 3 is 2.34 bits per heavy atom. The molecule has 0 radical (unpaired) electrons. The third-order valence-corrected chi connectivity index (χ3v) is 4.44. The van der Waals surface area contributed by atoms with Gasteiger partial charge in [-0.3, -0.25) is 4.79 Å². The normalized spacial score (nSPS) is 12.4. The van der Waals surface area contributed by atoms with Crippen LogP contribution in [0.15, 0.2) is 60.7 Å². The maximum absolute atomic E-state index is 12.4. The van der Waals surface area contributed by atoms with E-state index in [0.717, 1.165) is 5.56 Å². The molecule has 3 aromatic rings. The van der Waals surface area contributed by atoms with Gasteiger partial charge >= 0.3 is 12.1 Å². The van der Waals surface area contributed by atoms with Crippen molar-refractivity contribution in [2.24, 2.45) is 5.73 Å². The Hall–Kier alpha value is -2.97. The predicted octanol–water partition coefficient (Wildman–Crippen LogP) is 4.54. The predicted molar refractivity (Wildman–Crippen MR) is 104 cm³/mol. The molecular weight excluding hydrogens is 405 g/mol. The van der Waals surface area contributed by atoms with Gasteiger partial charge in [0.15, 0.2) is 5.15 Å². The number of carbonyl (C=O) groups is 1. The second kappa shape index (κ2) is 8.59. The molecule has 0 fully saturated rings. The highest BCUT2D eigenvalue weighted by molar-refractivity contribution is 6.32. The van der Waals surface area contributed by atoms with Crippen molar-refractivity contribution in [3.8, 4) is 11.1 Å². The van der Waals surface area contributed by atoms with E-state index in [9.17, 15) is 18.0 Å². The number of nitrogens with zero attached hydrogens (tertiary/aromatic N) is 2. The monoisotopic (exact) mass is 420 g/mol. The maximum atomic E-state index is 12.4. The fourth-order valence-electron chi connectivity index (χ4n) is 2.68. The molecular formula is C20H16ClF3N4O. The molecule has 3 rings (SSSR count). The molecule has 0 unspecified atom stereocenters. The first kappa shape index (κ1) is 20.8. The zero-order valence-electron chi connectivity index (χ0n) is 14.9. The molecule has 0 aliphatic rings. The Labute approximate surface area is 169 Å². The molecule has 150 valence electrons. The Balaban J connectivity index is 1.80. The van der Waals surface area contributed by atoms with Crippen LogP contribution >= 0.6 is 11.6 Å². The van der Waals surface area contributed by atoms with Gasteiger partial charge in [-0.1, -0.05) is 54.1 Å². The van der Waals surface area contributed by atoms with Gasteiger partial charge in [0.25, 0.3) is 0 Å². The van der Waals surface area contributed by atoms with Crippen LogP contribution in [0.5, 0.6) is 0 Å². The average Bonchev–Trinajstić information content (AvgIpc) is 2.69. The van der Waals surface area contributed by atoms with Gasteiger partial charge in [-0.15, -0.1) is 5.10 Å². The largest absolute Gasteiger partial charge is 0.471 e. The Bertz CT molecular complexity index is 995. The molecule has 0 aliphatic carbocycles. The summed E-state index contributed by atoms with van der Waals surface area (Å²) in [4.78, 5) is 11.0.